The van der Waals surface area contributed by atoms with Crippen molar-refractivity contribution in [2.45, 2.75) is 129 Å². The van der Waals surface area contributed by atoms with Crippen molar-refractivity contribution >= 4 is 11.8 Å². The molecule has 0 heterocycles. The fourth-order valence-electron chi connectivity index (χ4n) is 4.02. The third-order valence-electron chi connectivity index (χ3n) is 6.07. The second kappa shape index (κ2) is 15.2. The minimum atomic E-state index is -0.0537. The van der Waals surface area contributed by atoms with E-state index in [1.54, 1.807) is 0 Å². The summed E-state index contributed by atoms with van der Waals surface area (Å²) in [5, 5.41) is 11.0. The predicted octanol–water partition coefficient (Wildman–Crippen LogP) is 8.12. The van der Waals surface area contributed by atoms with E-state index in [4.69, 9.17) is 5.73 Å². The molecule has 0 spiro atoms. The number of nitrogens with two attached hydrogens (primary N) is 1. The van der Waals surface area contributed by atoms with E-state index in [9.17, 15) is 5.11 Å². The first-order chi connectivity index (χ1) is 14.3. The van der Waals surface area contributed by atoms with Gasteiger partial charge in [-0.15, -0.1) is 0 Å². The number of thioether (sulfide) groups is 1. The normalized spacial score (nSPS) is 13.0. The zero-order valence-electron chi connectivity index (χ0n) is 20.6. The number of phenolic OH excluding ortho intramolecular Hbond substituents is 1. The van der Waals surface area contributed by atoms with Crippen LogP contribution in [0.1, 0.15) is 122 Å². The minimum absolute atomic E-state index is 0.0537. The second-order valence-electron chi connectivity index (χ2n) is 9.99. The molecule has 1 atom stereocenters. The molecule has 3 heteroatoms. The number of unbranched alkanes of at least 4 members (excludes halogenated alkanes) is 9. The van der Waals surface area contributed by atoms with Gasteiger partial charge in [-0.25, -0.2) is 0 Å². The zero-order valence-corrected chi connectivity index (χ0v) is 21.4. The summed E-state index contributed by atoms with van der Waals surface area (Å²) in [6.07, 6.45) is 16.3. The number of aromatic hydroxyl groups is 1. The fraction of sp³-hybridized carbons (Fsp3) is 0.778. The van der Waals surface area contributed by atoms with Gasteiger partial charge in [0, 0.05) is 11.8 Å². The van der Waals surface area contributed by atoms with Crippen LogP contribution in [0.2, 0.25) is 0 Å². The van der Waals surface area contributed by atoms with Gasteiger partial charge in [0.2, 0.25) is 0 Å². The summed E-state index contributed by atoms with van der Waals surface area (Å²) in [5.41, 5.74) is 9.32. The van der Waals surface area contributed by atoms with Crippen LogP contribution in [-0.2, 0) is 18.4 Å². The number of hydrogen-bond acceptors (Lipinski definition) is 3. The Morgan fingerprint density at radius 2 is 1.47 bits per heavy atom. The molecular weight excluding hydrogens is 386 g/mol. The van der Waals surface area contributed by atoms with E-state index >= 15 is 0 Å². The highest BCUT2D eigenvalue weighted by Gasteiger charge is 2.20. The average molecular weight is 436 g/mol. The van der Waals surface area contributed by atoms with Crippen LogP contribution in [0.15, 0.2) is 12.1 Å². The fourth-order valence-corrected chi connectivity index (χ4v) is 5.07. The topological polar surface area (TPSA) is 46.2 Å². The number of benzene rings is 1. The molecule has 0 bridgehead atoms. The van der Waals surface area contributed by atoms with Gasteiger partial charge >= 0.3 is 0 Å². The van der Waals surface area contributed by atoms with E-state index in [0.717, 1.165) is 17.5 Å². The lowest BCUT2D eigenvalue weighted by molar-refractivity contribution is 0.445. The summed E-state index contributed by atoms with van der Waals surface area (Å²) in [6.45, 7) is 11.6. The first-order valence-corrected chi connectivity index (χ1v) is 13.5. The Morgan fingerprint density at radius 3 is 2.00 bits per heavy atom. The molecule has 30 heavy (non-hydrogen) atoms. The standard InChI is InChI=1S/C27H49NOS/c1-6-7-8-9-10-11-12-13-14-15-18-30-22(2)16-17-23-19-25(27(3,4)5)26(29)20-24(23)21-28/h19-20,22,29H,6-18,21,28H2,1-5H3. The van der Waals surface area contributed by atoms with Gasteiger partial charge in [0.1, 0.15) is 5.75 Å². The maximum atomic E-state index is 10.4. The van der Waals surface area contributed by atoms with Crippen molar-refractivity contribution in [2.75, 3.05) is 5.75 Å². The van der Waals surface area contributed by atoms with Gasteiger partial charge in [0.25, 0.3) is 0 Å². The monoisotopic (exact) mass is 435 g/mol. The molecule has 1 rings (SSSR count). The van der Waals surface area contributed by atoms with Crippen LogP contribution in [0.3, 0.4) is 0 Å². The smallest absolute Gasteiger partial charge is 0.119 e. The predicted molar refractivity (Wildman–Crippen MR) is 137 cm³/mol. The largest absolute Gasteiger partial charge is 0.508 e. The van der Waals surface area contributed by atoms with Crippen LogP contribution in [-0.4, -0.2) is 16.1 Å². The molecule has 0 aliphatic heterocycles. The molecular formula is C27H49NOS. The second-order valence-corrected chi connectivity index (χ2v) is 11.5. The summed E-state index contributed by atoms with van der Waals surface area (Å²) >= 11 is 2.12. The van der Waals surface area contributed by atoms with Gasteiger partial charge in [0.05, 0.1) is 0 Å². The van der Waals surface area contributed by atoms with Crippen LogP contribution >= 0.6 is 11.8 Å². The molecule has 0 fully saturated rings. The Labute approximate surface area is 191 Å². The van der Waals surface area contributed by atoms with Gasteiger partial charge in [-0.2, -0.15) is 11.8 Å². The van der Waals surface area contributed by atoms with E-state index in [2.05, 4.69) is 52.4 Å². The molecule has 0 aliphatic carbocycles. The first kappa shape index (κ1) is 27.4. The molecule has 0 saturated carbocycles. The molecule has 2 nitrogen and oxygen atoms in total. The molecule has 1 aromatic rings. The highest BCUT2D eigenvalue weighted by Crippen LogP contribution is 2.34. The summed E-state index contributed by atoms with van der Waals surface area (Å²) in [6, 6.07) is 4.08. The Morgan fingerprint density at radius 1 is 0.900 bits per heavy atom. The molecule has 0 saturated heterocycles. The summed E-state index contributed by atoms with van der Waals surface area (Å²) in [5.74, 6) is 1.67. The maximum Gasteiger partial charge on any atom is 0.119 e. The third-order valence-corrected chi connectivity index (χ3v) is 7.40. The van der Waals surface area contributed by atoms with Crippen molar-refractivity contribution in [3.8, 4) is 5.75 Å². The molecule has 1 unspecified atom stereocenters. The van der Waals surface area contributed by atoms with Crippen LogP contribution in [0.4, 0.5) is 0 Å². The van der Waals surface area contributed by atoms with E-state index < -0.39 is 0 Å². The number of phenols is 1. The Balaban J connectivity index is 2.25. The lowest BCUT2D eigenvalue weighted by Crippen LogP contribution is -2.14. The van der Waals surface area contributed by atoms with Crippen molar-refractivity contribution in [2.24, 2.45) is 5.73 Å². The van der Waals surface area contributed by atoms with Crippen molar-refractivity contribution in [3.05, 3.63) is 28.8 Å². The summed E-state index contributed by atoms with van der Waals surface area (Å²) < 4.78 is 0. The third kappa shape index (κ3) is 11.1. The van der Waals surface area contributed by atoms with Crippen LogP contribution < -0.4 is 5.73 Å². The number of hydrogen-bond donors (Lipinski definition) is 2. The minimum Gasteiger partial charge on any atom is -0.508 e. The van der Waals surface area contributed by atoms with E-state index in [1.807, 2.05) is 6.07 Å². The molecule has 0 aliphatic rings. The Hall–Kier alpha value is -0.670. The van der Waals surface area contributed by atoms with Crippen molar-refractivity contribution in [3.63, 3.8) is 0 Å². The SMILES string of the molecule is CCCCCCCCCCCCSC(C)CCc1cc(C(C)(C)C)c(O)cc1CN. The Bertz CT molecular complexity index is 579. The van der Waals surface area contributed by atoms with E-state index in [1.165, 1.54) is 81.9 Å². The lowest BCUT2D eigenvalue weighted by Gasteiger charge is -2.23. The summed E-state index contributed by atoms with van der Waals surface area (Å²) in [7, 11) is 0. The van der Waals surface area contributed by atoms with Crippen LogP contribution in [0.25, 0.3) is 0 Å². The van der Waals surface area contributed by atoms with Gasteiger partial charge in [-0.05, 0) is 53.2 Å². The van der Waals surface area contributed by atoms with E-state index in [0.29, 0.717) is 17.5 Å². The van der Waals surface area contributed by atoms with Crippen molar-refractivity contribution in [1.29, 1.82) is 0 Å². The Kier molecular flexibility index (Phi) is 13.9. The van der Waals surface area contributed by atoms with Crippen molar-refractivity contribution < 1.29 is 5.11 Å². The van der Waals surface area contributed by atoms with Gasteiger partial charge in [-0.3, -0.25) is 0 Å². The van der Waals surface area contributed by atoms with Crippen molar-refractivity contribution in [1.82, 2.24) is 0 Å². The van der Waals surface area contributed by atoms with Gasteiger partial charge < -0.3 is 10.8 Å². The molecule has 0 radical (unpaired) electrons. The summed E-state index contributed by atoms with van der Waals surface area (Å²) in [4.78, 5) is 0. The maximum absolute atomic E-state index is 10.4. The number of rotatable bonds is 16. The van der Waals surface area contributed by atoms with Gasteiger partial charge in [0.15, 0.2) is 0 Å². The highest BCUT2D eigenvalue weighted by molar-refractivity contribution is 7.99. The molecule has 1 aromatic carbocycles. The lowest BCUT2D eigenvalue weighted by atomic mass is 9.83. The van der Waals surface area contributed by atoms with E-state index in [-0.39, 0.29) is 5.41 Å². The van der Waals surface area contributed by atoms with Crippen LogP contribution in [0, 0.1) is 0 Å². The molecule has 0 aromatic heterocycles. The van der Waals surface area contributed by atoms with Crippen LogP contribution in [0.5, 0.6) is 5.75 Å². The quantitative estimate of drug-likeness (QED) is 0.258. The van der Waals surface area contributed by atoms with Gasteiger partial charge in [-0.1, -0.05) is 98.5 Å². The number of aryl methyl sites for hydroxylation is 1. The average Bonchev–Trinajstić information content (AvgIpc) is 2.69. The highest BCUT2D eigenvalue weighted by atomic mass is 32.2. The molecule has 174 valence electrons. The first-order valence-electron chi connectivity index (χ1n) is 12.5. The molecule has 3 N–H and O–H groups in total. The zero-order chi connectivity index (χ0) is 22.4. The molecule has 0 amide bonds.